The Morgan fingerprint density at radius 2 is 1.91 bits per heavy atom. The second-order valence-corrected chi connectivity index (χ2v) is 8.00. The molecule has 0 saturated carbocycles. The fraction of sp³-hybridized carbons (Fsp3) is 0.286. The Hall–Kier alpha value is -4.20. The van der Waals surface area contributed by atoms with E-state index in [1.54, 1.807) is 26.3 Å². The van der Waals surface area contributed by atoms with E-state index in [4.69, 9.17) is 14.2 Å². The molecule has 0 spiro atoms. The summed E-state index contributed by atoms with van der Waals surface area (Å²) < 4.78 is 16.9. The summed E-state index contributed by atoms with van der Waals surface area (Å²) in [6.45, 7) is -0.258. The zero-order valence-corrected chi connectivity index (χ0v) is 19.9. The largest absolute Gasteiger partial charge is 0.493 e. The van der Waals surface area contributed by atoms with Crippen molar-refractivity contribution in [1.82, 2.24) is 25.5 Å². The average Bonchev–Trinajstić information content (AvgIpc) is 3.26. The maximum atomic E-state index is 12.7. The van der Waals surface area contributed by atoms with Gasteiger partial charge in [-0.1, -0.05) is 6.07 Å². The summed E-state index contributed by atoms with van der Waals surface area (Å²) in [5, 5.41) is 25.2. The first-order valence-corrected chi connectivity index (χ1v) is 11.0. The van der Waals surface area contributed by atoms with Crippen molar-refractivity contribution in [3.63, 3.8) is 0 Å². The van der Waals surface area contributed by atoms with Crippen LogP contribution in [0.3, 0.4) is 0 Å². The van der Waals surface area contributed by atoms with Gasteiger partial charge in [0.25, 0.3) is 11.6 Å². The summed E-state index contributed by atoms with van der Waals surface area (Å²) >= 11 is 1.03. The van der Waals surface area contributed by atoms with Gasteiger partial charge in [-0.2, -0.15) is 0 Å². The Morgan fingerprint density at radius 1 is 1.14 bits per heavy atom. The number of carbonyl (C=O) groups is 2. The third-order valence-corrected chi connectivity index (χ3v) is 5.80. The first-order valence-electron chi connectivity index (χ1n) is 10.2. The van der Waals surface area contributed by atoms with Crippen LogP contribution in [0.4, 0.5) is 5.69 Å². The Kier molecular flexibility index (Phi) is 8.56. The number of hydrogen-bond acceptors (Lipinski definition) is 11. The highest BCUT2D eigenvalue weighted by atomic mass is 32.2. The van der Waals surface area contributed by atoms with Gasteiger partial charge < -0.3 is 19.5 Å². The molecule has 1 aromatic heterocycles. The molecular weight excluding hydrogens is 480 g/mol. The minimum atomic E-state index is -0.888. The van der Waals surface area contributed by atoms with Crippen molar-refractivity contribution in [2.24, 2.45) is 7.05 Å². The summed E-state index contributed by atoms with van der Waals surface area (Å²) in [7, 11) is 4.69. The van der Waals surface area contributed by atoms with Crippen molar-refractivity contribution in [3.8, 4) is 11.5 Å². The highest BCUT2D eigenvalue weighted by molar-refractivity contribution is 7.99. The number of aryl methyl sites for hydroxylation is 1. The normalized spacial score (nSPS) is 10.5. The van der Waals surface area contributed by atoms with Crippen molar-refractivity contribution >= 4 is 29.3 Å². The van der Waals surface area contributed by atoms with Gasteiger partial charge in [-0.3, -0.25) is 14.9 Å². The molecule has 35 heavy (non-hydrogen) atoms. The van der Waals surface area contributed by atoms with Crippen LogP contribution in [-0.4, -0.2) is 64.4 Å². The summed E-state index contributed by atoms with van der Waals surface area (Å²) in [6.07, 6.45) is 0.511. The second-order valence-electron chi connectivity index (χ2n) is 6.99. The number of benzene rings is 2. The maximum absolute atomic E-state index is 12.7. The molecule has 3 rings (SSSR count). The highest BCUT2D eigenvalue weighted by Gasteiger charge is 2.21. The Morgan fingerprint density at radius 3 is 2.57 bits per heavy atom. The van der Waals surface area contributed by atoms with Crippen molar-refractivity contribution in [1.29, 1.82) is 0 Å². The SMILES string of the molecule is COc1ccc(CCNC(=O)COC(=O)c2cc([N+](=O)[O-])ccc2Sc2nnnn2C)cc1OC. The molecule has 0 aliphatic heterocycles. The number of methoxy groups -OCH3 is 2. The number of nitro benzene ring substituents is 1. The van der Waals surface area contributed by atoms with Gasteiger partial charge in [0.05, 0.1) is 24.7 Å². The molecule has 0 aliphatic carbocycles. The van der Waals surface area contributed by atoms with Gasteiger partial charge in [0.15, 0.2) is 18.1 Å². The number of carbonyl (C=O) groups excluding carboxylic acids is 2. The molecule has 2 aromatic carbocycles. The minimum Gasteiger partial charge on any atom is -0.493 e. The van der Waals surface area contributed by atoms with E-state index in [0.29, 0.717) is 34.5 Å². The summed E-state index contributed by atoms with van der Waals surface area (Å²) in [5.41, 5.74) is 0.540. The number of ether oxygens (including phenoxy) is 3. The van der Waals surface area contributed by atoms with Gasteiger partial charge in [-0.15, -0.1) is 5.10 Å². The van der Waals surface area contributed by atoms with Gasteiger partial charge in [-0.05, 0) is 52.4 Å². The Balaban J connectivity index is 1.59. The van der Waals surface area contributed by atoms with E-state index in [1.807, 2.05) is 6.07 Å². The fourth-order valence-electron chi connectivity index (χ4n) is 2.93. The zero-order chi connectivity index (χ0) is 25.4. The molecule has 0 fully saturated rings. The highest BCUT2D eigenvalue weighted by Crippen LogP contribution is 2.31. The monoisotopic (exact) mass is 502 g/mol. The predicted molar refractivity (Wildman–Crippen MR) is 123 cm³/mol. The second kappa shape index (κ2) is 11.8. The van der Waals surface area contributed by atoms with Gasteiger partial charge in [0.1, 0.15) is 0 Å². The molecule has 0 aliphatic rings. The predicted octanol–water partition coefficient (Wildman–Crippen LogP) is 1.80. The van der Waals surface area contributed by atoms with Crippen LogP contribution in [0.1, 0.15) is 15.9 Å². The van der Waals surface area contributed by atoms with E-state index in [1.165, 1.54) is 23.9 Å². The van der Waals surface area contributed by atoms with Crippen molar-refractivity contribution in [2.75, 3.05) is 27.4 Å². The Labute approximate surface area is 203 Å². The molecule has 1 heterocycles. The van der Waals surface area contributed by atoms with Gasteiger partial charge in [0, 0.05) is 30.6 Å². The van der Waals surface area contributed by atoms with Crippen LogP contribution in [0.25, 0.3) is 0 Å². The first-order chi connectivity index (χ1) is 16.8. The standard InChI is InChI=1S/C21H22N6O7S/c1-26-21(23-24-25-26)35-18-7-5-14(27(30)31)11-15(18)20(29)34-12-19(28)22-9-8-13-4-6-16(32-2)17(10-13)33-3/h4-7,10-11H,8-9,12H2,1-3H3,(H,22,28). The molecule has 0 saturated heterocycles. The third kappa shape index (κ3) is 6.66. The number of aromatic nitrogens is 4. The van der Waals surface area contributed by atoms with Crippen LogP contribution in [0, 0.1) is 10.1 Å². The third-order valence-electron chi connectivity index (χ3n) is 4.69. The number of nitrogens with zero attached hydrogens (tertiary/aromatic N) is 5. The number of hydrogen-bond donors (Lipinski definition) is 1. The van der Waals surface area contributed by atoms with Crippen molar-refractivity contribution in [3.05, 3.63) is 57.6 Å². The van der Waals surface area contributed by atoms with Gasteiger partial charge in [-0.25, -0.2) is 9.48 Å². The van der Waals surface area contributed by atoms with E-state index in [9.17, 15) is 19.7 Å². The molecule has 0 atom stereocenters. The van der Waals surface area contributed by atoms with Crippen LogP contribution in [0.15, 0.2) is 46.5 Å². The van der Waals surface area contributed by atoms with E-state index >= 15 is 0 Å². The van der Waals surface area contributed by atoms with E-state index in [2.05, 4.69) is 20.8 Å². The Bertz CT molecular complexity index is 1230. The lowest BCUT2D eigenvalue weighted by molar-refractivity contribution is -0.384. The number of amides is 1. The number of esters is 1. The molecular formula is C21H22N6O7S. The summed E-state index contributed by atoms with van der Waals surface area (Å²) in [4.78, 5) is 35.7. The van der Waals surface area contributed by atoms with Crippen molar-refractivity contribution in [2.45, 2.75) is 16.5 Å². The number of non-ortho nitro benzene ring substituents is 1. The van der Waals surface area contributed by atoms with Crippen molar-refractivity contribution < 1.29 is 28.7 Å². The molecule has 0 unspecified atom stereocenters. The lowest BCUT2D eigenvalue weighted by Gasteiger charge is -2.11. The van der Waals surface area contributed by atoms with Crippen LogP contribution in [0.2, 0.25) is 0 Å². The fourth-order valence-corrected chi connectivity index (χ4v) is 3.76. The van der Waals surface area contributed by atoms with Gasteiger partial charge in [0.2, 0.25) is 5.16 Å². The van der Waals surface area contributed by atoms with Crippen LogP contribution >= 0.6 is 11.8 Å². The first kappa shape index (κ1) is 25.4. The minimum absolute atomic E-state index is 0.0784. The quantitative estimate of drug-likeness (QED) is 0.231. The maximum Gasteiger partial charge on any atom is 0.340 e. The smallest absolute Gasteiger partial charge is 0.340 e. The molecule has 184 valence electrons. The summed E-state index contributed by atoms with van der Waals surface area (Å²) in [6, 6.07) is 9.16. The topological polar surface area (TPSA) is 161 Å². The van der Waals surface area contributed by atoms with E-state index in [-0.39, 0.29) is 11.3 Å². The number of nitrogens with one attached hydrogen (secondary N) is 1. The number of tetrazole rings is 1. The lowest BCUT2D eigenvalue weighted by atomic mass is 10.1. The molecule has 14 heteroatoms. The van der Waals surface area contributed by atoms with Crippen LogP contribution in [0.5, 0.6) is 11.5 Å². The molecule has 3 aromatic rings. The number of rotatable bonds is 11. The molecule has 0 radical (unpaired) electrons. The van der Waals surface area contributed by atoms with E-state index < -0.39 is 23.4 Å². The van der Waals surface area contributed by atoms with Crippen LogP contribution < -0.4 is 14.8 Å². The summed E-state index contributed by atoms with van der Waals surface area (Å²) in [5.74, 6) is -0.230. The molecule has 13 nitrogen and oxygen atoms in total. The zero-order valence-electron chi connectivity index (χ0n) is 19.1. The molecule has 1 N–H and O–H groups in total. The lowest BCUT2D eigenvalue weighted by Crippen LogP contribution is -2.30. The number of nitro groups is 1. The molecule has 0 bridgehead atoms. The van der Waals surface area contributed by atoms with Crippen LogP contribution in [-0.2, 0) is 23.0 Å². The van der Waals surface area contributed by atoms with E-state index in [0.717, 1.165) is 23.4 Å². The average molecular weight is 503 g/mol. The molecule has 1 amide bonds. The van der Waals surface area contributed by atoms with Gasteiger partial charge >= 0.3 is 5.97 Å².